The first-order valence-electron chi connectivity index (χ1n) is 11.3. The molecule has 2 aliphatic heterocycles. The van der Waals surface area contributed by atoms with Crippen LogP contribution >= 0.6 is 11.6 Å². The minimum Gasteiger partial charge on any atom is -0.353 e. The zero-order chi connectivity index (χ0) is 23.5. The Morgan fingerprint density at radius 1 is 1.24 bits per heavy atom. The lowest BCUT2D eigenvalue weighted by atomic mass is 9.96. The van der Waals surface area contributed by atoms with Gasteiger partial charge in [-0.05, 0) is 24.6 Å². The number of nitrogens with one attached hydrogen (secondary N) is 2. The van der Waals surface area contributed by atoms with Gasteiger partial charge in [0.25, 0.3) is 0 Å². The number of hydrogen-bond acceptors (Lipinski definition) is 8. The van der Waals surface area contributed by atoms with Gasteiger partial charge in [0.15, 0.2) is 0 Å². The van der Waals surface area contributed by atoms with Crippen LogP contribution in [0.3, 0.4) is 0 Å². The average molecular weight is 475 g/mol. The average Bonchev–Trinajstić information content (AvgIpc) is 2.79. The molecule has 2 aliphatic rings. The second-order valence-electron chi connectivity index (χ2n) is 8.71. The van der Waals surface area contributed by atoms with Crippen molar-refractivity contribution in [3.8, 4) is 0 Å². The third-order valence-corrected chi connectivity index (χ3v) is 6.31. The molecule has 10 heteroatoms. The van der Waals surface area contributed by atoms with Crippen LogP contribution in [-0.2, 0) is 9.53 Å². The van der Waals surface area contributed by atoms with Crippen LogP contribution in [0.4, 0.5) is 11.6 Å². The Labute approximate surface area is 199 Å². The predicted octanol–water partition coefficient (Wildman–Crippen LogP) is 2.34. The molecular formula is C23H31ClN6O3. The van der Waals surface area contributed by atoms with Crippen LogP contribution in [0, 0.1) is 0 Å². The minimum atomic E-state index is -1.09. The quantitative estimate of drug-likeness (QED) is 0.586. The number of benzene rings is 1. The van der Waals surface area contributed by atoms with Crippen molar-refractivity contribution < 1.29 is 14.6 Å². The maximum absolute atomic E-state index is 13.5. The molecule has 0 aliphatic carbocycles. The van der Waals surface area contributed by atoms with E-state index in [1.165, 1.54) is 6.33 Å². The van der Waals surface area contributed by atoms with Crippen LogP contribution in [0.25, 0.3) is 0 Å². The molecule has 1 saturated heterocycles. The van der Waals surface area contributed by atoms with Crippen molar-refractivity contribution in [2.75, 3.05) is 42.9 Å². The molecule has 0 bridgehead atoms. The predicted molar refractivity (Wildman–Crippen MR) is 127 cm³/mol. The number of aliphatic hydroxyl groups excluding tert-OH is 1. The molecule has 0 spiro atoms. The van der Waals surface area contributed by atoms with Crippen molar-refractivity contribution in [1.29, 1.82) is 0 Å². The number of halogens is 1. The summed E-state index contributed by atoms with van der Waals surface area (Å²) in [4.78, 5) is 26.3. The van der Waals surface area contributed by atoms with Crippen molar-refractivity contribution in [1.82, 2.24) is 20.2 Å². The molecule has 4 rings (SSSR count). The summed E-state index contributed by atoms with van der Waals surface area (Å²) in [6, 6.07) is 7.80. The highest BCUT2D eigenvalue weighted by atomic mass is 35.5. The van der Waals surface area contributed by atoms with Crippen molar-refractivity contribution in [3.05, 3.63) is 46.7 Å². The second kappa shape index (κ2) is 10.2. The number of ether oxygens (including phenoxy) is 1. The molecule has 0 radical (unpaired) electrons. The second-order valence-corrected chi connectivity index (χ2v) is 9.15. The Morgan fingerprint density at radius 2 is 1.94 bits per heavy atom. The van der Waals surface area contributed by atoms with Crippen molar-refractivity contribution in [2.45, 2.75) is 45.2 Å². The topological polar surface area (TPSA) is 103 Å². The fourth-order valence-corrected chi connectivity index (χ4v) is 4.42. The van der Waals surface area contributed by atoms with Crippen molar-refractivity contribution >= 4 is 29.1 Å². The molecule has 3 N–H and O–H groups in total. The molecule has 9 nitrogen and oxygen atoms in total. The maximum Gasteiger partial charge on any atom is 0.237 e. The van der Waals surface area contributed by atoms with E-state index in [0.29, 0.717) is 43.6 Å². The first-order chi connectivity index (χ1) is 15.8. The molecule has 1 aromatic carbocycles. The van der Waals surface area contributed by atoms with E-state index in [2.05, 4.69) is 39.3 Å². The highest BCUT2D eigenvalue weighted by molar-refractivity contribution is 6.30. The first kappa shape index (κ1) is 23.7. The molecule has 2 aromatic rings. The van der Waals surface area contributed by atoms with Crippen LogP contribution < -0.4 is 15.5 Å². The highest BCUT2D eigenvalue weighted by Gasteiger charge is 2.33. The monoisotopic (exact) mass is 474 g/mol. The van der Waals surface area contributed by atoms with Gasteiger partial charge in [-0.15, -0.1) is 0 Å². The van der Waals surface area contributed by atoms with Gasteiger partial charge in [-0.25, -0.2) is 9.97 Å². The van der Waals surface area contributed by atoms with E-state index < -0.39 is 6.41 Å². The van der Waals surface area contributed by atoms with Gasteiger partial charge in [0.1, 0.15) is 18.0 Å². The number of hydrogen-bond donors (Lipinski definition) is 3. The number of nitrogens with zero attached hydrogens (tertiary/aromatic N) is 4. The number of rotatable bonds is 6. The van der Waals surface area contributed by atoms with E-state index in [-0.39, 0.29) is 24.0 Å². The van der Waals surface area contributed by atoms with Crippen LogP contribution in [0.5, 0.6) is 0 Å². The van der Waals surface area contributed by atoms with Gasteiger partial charge in [-0.1, -0.05) is 37.6 Å². The van der Waals surface area contributed by atoms with Crippen molar-refractivity contribution in [3.63, 3.8) is 0 Å². The van der Waals surface area contributed by atoms with Gasteiger partial charge in [0, 0.05) is 43.8 Å². The maximum atomic E-state index is 13.5. The molecule has 1 amide bonds. The molecule has 178 valence electrons. The first-order valence-corrected chi connectivity index (χ1v) is 11.7. The zero-order valence-electron chi connectivity index (χ0n) is 19.2. The van der Waals surface area contributed by atoms with Gasteiger partial charge < -0.3 is 30.3 Å². The lowest BCUT2D eigenvalue weighted by Crippen LogP contribution is -2.51. The van der Waals surface area contributed by atoms with Crippen molar-refractivity contribution in [2.24, 2.45) is 0 Å². The smallest absolute Gasteiger partial charge is 0.237 e. The molecule has 3 atom stereocenters. The minimum absolute atomic E-state index is 0.108. The van der Waals surface area contributed by atoms with Gasteiger partial charge in [-0.3, -0.25) is 4.79 Å². The van der Waals surface area contributed by atoms with Gasteiger partial charge in [-0.2, -0.15) is 0 Å². The lowest BCUT2D eigenvalue weighted by Gasteiger charge is -2.39. The molecule has 33 heavy (non-hydrogen) atoms. The summed E-state index contributed by atoms with van der Waals surface area (Å²) in [5.41, 5.74) is 1.78. The van der Waals surface area contributed by atoms with E-state index in [0.717, 1.165) is 16.9 Å². The Kier molecular flexibility index (Phi) is 7.33. The highest BCUT2D eigenvalue weighted by Crippen LogP contribution is 2.36. The number of carbonyl (C=O) groups is 1. The van der Waals surface area contributed by atoms with Gasteiger partial charge >= 0.3 is 0 Å². The third-order valence-electron chi connectivity index (χ3n) is 6.05. The number of aliphatic hydroxyl groups is 1. The molecule has 3 heterocycles. The van der Waals surface area contributed by atoms with Gasteiger partial charge in [0.2, 0.25) is 12.3 Å². The van der Waals surface area contributed by atoms with E-state index in [1.54, 1.807) is 0 Å². The fraction of sp³-hybridized carbons (Fsp3) is 0.522. The summed E-state index contributed by atoms with van der Waals surface area (Å²) >= 11 is 6.06. The van der Waals surface area contributed by atoms with E-state index in [4.69, 9.17) is 16.3 Å². The Hall–Kier alpha value is -2.46. The fourth-order valence-electron chi connectivity index (χ4n) is 4.30. The summed E-state index contributed by atoms with van der Waals surface area (Å²) in [6.45, 7) is 9.06. The Bertz CT molecular complexity index is 965. The zero-order valence-corrected chi connectivity index (χ0v) is 19.9. The number of piperazine rings is 1. The molecule has 0 saturated carbocycles. The standard InChI is InChI=1S/C23H31ClN6O3/c1-14(2)25-12-18(16-4-6-17(24)7-5-16)22(31)30-10-8-29(9-11-30)21-19-15(3)33-23(32)28-20(19)26-13-27-21/h4-7,13-15,18,23,25,32H,8-12H2,1-3H3,(H,26,27,28)/t15-,18+,23?/m0/s1. The molecule has 1 fully saturated rings. The number of anilines is 2. The number of fused-ring (bicyclic) bond motifs is 1. The van der Waals surface area contributed by atoms with Gasteiger partial charge in [0.05, 0.1) is 17.6 Å². The van der Waals surface area contributed by atoms with E-state index >= 15 is 0 Å². The summed E-state index contributed by atoms with van der Waals surface area (Å²) < 4.78 is 5.50. The van der Waals surface area contributed by atoms with Crippen LogP contribution in [0.15, 0.2) is 30.6 Å². The Balaban J connectivity index is 1.47. The van der Waals surface area contributed by atoms with Crippen LogP contribution in [0.2, 0.25) is 5.02 Å². The van der Waals surface area contributed by atoms with Crippen LogP contribution in [-0.4, -0.2) is 71.1 Å². The lowest BCUT2D eigenvalue weighted by molar-refractivity contribution is -0.133. The summed E-state index contributed by atoms with van der Waals surface area (Å²) in [6.07, 6.45) is 0.0508. The van der Waals surface area contributed by atoms with E-state index in [1.807, 2.05) is 36.1 Å². The van der Waals surface area contributed by atoms with E-state index in [9.17, 15) is 9.90 Å². The Morgan fingerprint density at radius 3 is 2.61 bits per heavy atom. The summed E-state index contributed by atoms with van der Waals surface area (Å²) in [7, 11) is 0. The number of aromatic nitrogens is 2. The normalized spacial score (nSPS) is 21.5. The summed E-state index contributed by atoms with van der Waals surface area (Å²) in [5.74, 6) is 1.18. The molecule has 1 unspecified atom stereocenters. The van der Waals surface area contributed by atoms with Crippen LogP contribution in [0.1, 0.15) is 43.9 Å². The number of amides is 1. The third kappa shape index (κ3) is 5.38. The SMILES string of the molecule is CC(C)NC[C@@H](C(=O)N1CCN(c2ncnc3c2[C@H](C)OC(O)N3)CC1)c1ccc(Cl)cc1. The molecular weight excluding hydrogens is 444 g/mol. The molecule has 1 aromatic heterocycles. The summed E-state index contributed by atoms with van der Waals surface area (Å²) in [5, 5.41) is 16.7. The largest absolute Gasteiger partial charge is 0.353 e. The number of carbonyl (C=O) groups excluding carboxylic acids is 1.